The Bertz CT molecular complexity index is 673. The van der Waals surface area contributed by atoms with Crippen LogP contribution in [0.5, 0.6) is 5.75 Å². The summed E-state index contributed by atoms with van der Waals surface area (Å²) in [6.07, 6.45) is 4.06. The van der Waals surface area contributed by atoms with Crippen molar-refractivity contribution in [3.05, 3.63) is 47.9 Å². The number of aromatic nitrogens is 2. The predicted octanol–water partition coefficient (Wildman–Crippen LogP) is 1.78. The number of nitrogens with one attached hydrogen (secondary N) is 2. The molecule has 1 amide bonds. The van der Waals surface area contributed by atoms with Crippen LogP contribution in [-0.2, 0) is 6.54 Å². The number of methoxy groups -OCH3 is 1. The molecule has 2 rings (SSSR count). The van der Waals surface area contributed by atoms with Crippen LogP contribution in [0.3, 0.4) is 0 Å². The molecule has 2 aromatic rings. The number of para-hydroxylation sites is 1. The van der Waals surface area contributed by atoms with Gasteiger partial charge in [0.2, 0.25) is 0 Å². The molecule has 0 radical (unpaired) electrons. The summed E-state index contributed by atoms with van der Waals surface area (Å²) in [5.41, 5.74) is 1.19. The van der Waals surface area contributed by atoms with Gasteiger partial charge in [-0.15, -0.1) is 0 Å². The van der Waals surface area contributed by atoms with Crippen molar-refractivity contribution in [1.29, 1.82) is 0 Å². The topological polar surface area (TPSA) is 79.4 Å². The van der Waals surface area contributed by atoms with Gasteiger partial charge in [0.05, 0.1) is 19.5 Å². The Hall–Kier alpha value is -2.67. The van der Waals surface area contributed by atoms with E-state index in [9.17, 15) is 4.79 Å². The Morgan fingerprint density at radius 1 is 1.20 bits per heavy atom. The van der Waals surface area contributed by atoms with Crippen LogP contribution in [-0.4, -0.2) is 55.1 Å². The van der Waals surface area contributed by atoms with Crippen LogP contribution in [0.4, 0.5) is 5.82 Å². The van der Waals surface area contributed by atoms with Crippen molar-refractivity contribution in [3.8, 4) is 5.75 Å². The summed E-state index contributed by atoms with van der Waals surface area (Å²) in [5, 5.41) is 6.02. The molecule has 1 aromatic heterocycles. The maximum Gasteiger partial charge on any atom is 0.271 e. The van der Waals surface area contributed by atoms with Gasteiger partial charge in [0.25, 0.3) is 5.91 Å². The van der Waals surface area contributed by atoms with Crippen LogP contribution >= 0.6 is 0 Å². The van der Waals surface area contributed by atoms with Crippen molar-refractivity contribution >= 4 is 11.7 Å². The molecule has 1 heterocycles. The molecule has 0 fully saturated rings. The van der Waals surface area contributed by atoms with Crippen molar-refractivity contribution in [2.24, 2.45) is 0 Å². The SMILES string of the molecule is COc1ccccc1CNC(=O)c1cnc(NCCCN(C)C)cn1. The van der Waals surface area contributed by atoms with Gasteiger partial charge in [-0.1, -0.05) is 18.2 Å². The maximum absolute atomic E-state index is 12.2. The summed E-state index contributed by atoms with van der Waals surface area (Å²) in [5.74, 6) is 1.14. The highest BCUT2D eigenvalue weighted by Crippen LogP contribution is 2.16. The zero-order chi connectivity index (χ0) is 18.1. The largest absolute Gasteiger partial charge is 0.496 e. The van der Waals surface area contributed by atoms with E-state index >= 15 is 0 Å². The van der Waals surface area contributed by atoms with Crippen LogP contribution in [0.1, 0.15) is 22.5 Å². The number of hydrogen-bond acceptors (Lipinski definition) is 6. The second kappa shape index (κ2) is 9.58. The lowest BCUT2D eigenvalue weighted by molar-refractivity contribution is 0.0945. The second-order valence-electron chi connectivity index (χ2n) is 5.87. The van der Waals surface area contributed by atoms with Gasteiger partial charge >= 0.3 is 0 Å². The number of anilines is 1. The number of carbonyl (C=O) groups is 1. The first-order valence-electron chi connectivity index (χ1n) is 8.21. The first-order chi connectivity index (χ1) is 12.1. The molecule has 7 nitrogen and oxygen atoms in total. The molecule has 0 spiro atoms. The third-order valence-corrected chi connectivity index (χ3v) is 3.60. The summed E-state index contributed by atoms with van der Waals surface area (Å²) < 4.78 is 5.27. The van der Waals surface area contributed by atoms with E-state index in [0.717, 1.165) is 30.8 Å². The van der Waals surface area contributed by atoms with E-state index in [2.05, 4.69) is 25.5 Å². The van der Waals surface area contributed by atoms with Crippen LogP contribution in [0, 0.1) is 0 Å². The van der Waals surface area contributed by atoms with E-state index in [4.69, 9.17) is 4.74 Å². The van der Waals surface area contributed by atoms with Gasteiger partial charge < -0.3 is 20.3 Å². The standard InChI is InChI=1S/C18H25N5O2/c1-23(2)10-6-9-19-17-13-20-15(12-21-17)18(24)22-11-14-7-4-5-8-16(14)25-3/h4-5,7-8,12-13H,6,9-11H2,1-3H3,(H,19,21)(H,22,24). The third-order valence-electron chi connectivity index (χ3n) is 3.60. The summed E-state index contributed by atoms with van der Waals surface area (Å²) in [7, 11) is 5.69. The molecule has 25 heavy (non-hydrogen) atoms. The quantitative estimate of drug-likeness (QED) is 0.676. The molecule has 0 aliphatic rings. The Labute approximate surface area is 148 Å². The number of carbonyl (C=O) groups excluding carboxylic acids is 1. The lowest BCUT2D eigenvalue weighted by Crippen LogP contribution is -2.24. The zero-order valence-corrected chi connectivity index (χ0v) is 15.0. The fourth-order valence-electron chi connectivity index (χ4n) is 2.26. The molecule has 0 atom stereocenters. The average Bonchev–Trinajstić information content (AvgIpc) is 2.64. The Balaban J connectivity index is 1.83. The minimum atomic E-state index is -0.266. The van der Waals surface area contributed by atoms with Gasteiger partial charge in [0.15, 0.2) is 0 Å². The molecule has 0 aliphatic carbocycles. The Morgan fingerprint density at radius 3 is 2.68 bits per heavy atom. The highest BCUT2D eigenvalue weighted by molar-refractivity contribution is 5.92. The number of ether oxygens (including phenoxy) is 1. The smallest absolute Gasteiger partial charge is 0.271 e. The van der Waals surface area contributed by atoms with Gasteiger partial charge in [-0.3, -0.25) is 4.79 Å². The lowest BCUT2D eigenvalue weighted by Gasteiger charge is -2.10. The predicted molar refractivity (Wildman–Crippen MR) is 97.9 cm³/mol. The summed E-state index contributed by atoms with van der Waals surface area (Å²) in [6.45, 7) is 2.19. The van der Waals surface area contributed by atoms with Crippen molar-refractivity contribution in [2.45, 2.75) is 13.0 Å². The van der Waals surface area contributed by atoms with Crippen LogP contribution < -0.4 is 15.4 Å². The average molecular weight is 343 g/mol. The fourth-order valence-corrected chi connectivity index (χ4v) is 2.26. The Morgan fingerprint density at radius 2 is 2.00 bits per heavy atom. The molecule has 0 saturated heterocycles. The van der Waals surface area contributed by atoms with E-state index in [1.54, 1.807) is 13.3 Å². The minimum absolute atomic E-state index is 0.266. The maximum atomic E-state index is 12.2. The molecule has 0 bridgehead atoms. The molecular weight excluding hydrogens is 318 g/mol. The van der Waals surface area contributed by atoms with Crippen LogP contribution in [0.15, 0.2) is 36.7 Å². The van der Waals surface area contributed by atoms with Crippen molar-refractivity contribution in [2.75, 3.05) is 39.6 Å². The number of rotatable bonds is 9. The first kappa shape index (κ1) is 18.7. The van der Waals surface area contributed by atoms with Gasteiger partial charge in [0, 0.05) is 18.7 Å². The number of benzene rings is 1. The monoisotopic (exact) mass is 343 g/mol. The first-order valence-corrected chi connectivity index (χ1v) is 8.21. The zero-order valence-electron chi connectivity index (χ0n) is 15.0. The molecule has 1 aromatic carbocycles. The molecule has 0 aliphatic heterocycles. The van der Waals surface area contributed by atoms with Gasteiger partial charge in [-0.05, 0) is 33.1 Å². The minimum Gasteiger partial charge on any atom is -0.496 e. The number of hydrogen-bond donors (Lipinski definition) is 2. The van der Waals surface area contributed by atoms with Crippen molar-refractivity contribution in [3.63, 3.8) is 0 Å². The van der Waals surface area contributed by atoms with Gasteiger partial charge in [-0.2, -0.15) is 0 Å². The van der Waals surface area contributed by atoms with Crippen LogP contribution in [0.25, 0.3) is 0 Å². The molecule has 0 unspecified atom stereocenters. The van der Waals surface area contributed by atoms with E-state index < -0.39 is 0 Å². The molecule has 0 saturated carbocycles. The van der Waals surface area contributed by atoms with Gasteiger partial charge in [-0.25, -0.2) is 9.97 Å². The summed E-state index contributed by atoms with van der Waals surface area (Å²) >= 11 is 0. The second-order valence-corrected chi connectivity index (χ2v) is 5.87. The van der Waals surface area contributed by atoms with Crippen molar-refractivity contribution in [1.82, 2.24) is 20.2 Å². The van der Waals surface area contributed by atoms with E-state index in [0.29, 0.717) is 12.4 Å². The lowest BCUT2D eigenvalue weighted by atomic mass is 10.2. The molecular formula is C18H25N5O2. The third kappa shape index (κ3) is 6.04. The molecule has 7 heteroatoms. The molecule has 134 valence electrons. The van der Waals surface area contributed by atoms with E-state index in [-0.39, 0.29) is 11.6 Å². The normalized spacial score (nSPS) is 10.6. The van der Waals surface area contributed by atoms with Gasteiger partial charge in [0.1, 0.15) is 17.3 Å². The number of amides is 1. The van der Waals surface area contributed by atoms with Crippen molar-refractivity contribution < 1.29 is 9.53 Å². The molecule has 2 N–H and O–H groups in total. The number of nitrogens with zero attached hydrogens (tertiary/aromatic N) is 3. The van der Waals surface area contributed by atoms with Crippen LogP contribution in [0.2, 0.25) is 0 Å². The summed E-state index contributed by atoms with van der Waals surface area (Å²) in [4.78, 5) is 22.7. The summed E-state index contributed by atoms with van der Waals surface area (Å²) in [6, 6.07) is 7.56. The fraction of sp³-hybridized carbons (Fsp3) is 0.389. The van der Waals surface area contributed by atoms with E-state index in [1.165, 1.54) is 6.20 Å². The Kier molecular flexibility index (Phi) is 7.16. The highest BCUT2D eigenvalue weighted by Gasteiger charge is 2.09. The highest BCUT2D eigenvalue weighted by atomic mass is 16.5. The van der Waals surface area contributed by atoms with E-state index in [1.807, 2.05) is 38.4 Å².